The molecule has 0 saturated carbocycles. The third kappa shape index (κ3) is 14.8. The molecule has 0 radical (unpaired) electrons. The van der Waals surface area contributed by atoms with Gasteiger partial charge in [0, 0.05) is 31.1 Å². The zero-order chi connectivity index (χ0) is 41.3. The predicted molar refractivity (Wildman–Crippen MR) is 232 cm³/mol. The summed E-state index contributed by atoms with van der Waals surface area (Å²) in [6.07, 6.45) is 0.470. The molecule has 1 aliphatic heterocycles. The van der Waals surface area contributed by atoms with Crippen molar-refractivity contribution in [3.63, 3.8) is 0 Å². The molecule has 5 aromatic carbocycles. The number of hydrogen-bond acceptors (Lipinski definition) is 6. The first kappa shape index (κ1) is 45.9. The van der Waals surface area contributed by atoms with Gasteiger partial charge in [-0.2, -0.15) is 27.7 Å². The summed E-state index contributed by atoms with van der Waals surface area (Å²) < 4.78 is 65.3. The zero-order valence-electron chi connectivity index (χ0n) is 32.9. The molecule has 304 valence electrons. The summed E-state index contributed by atoms with van der Waals surface area (Å²) >= 11 is -1.47. The number of benzene rings is 5. The molecule has 5 aromatic rings. The number of hydroxylamine groups is 4. The SMILES string of the molecule is C/C=C\C(=C/C)CN(Cc1ccccc1)OC(F)(F)C(F)(F)Sc1ccccc1.CI1OC(C)(C)c2ccccc21.ON(Cc1ccccc1)Cc1ccccc1. The van der Waals surface area contributed by atoms with Gasteiger partial charge in [-0.25, -0.2) is 4.84 Å². The van der Waals surface area contributed by atoms with Crippen LogP contribution in [0.1, 0.15) is 49.9 Å². The van der Waals surface area contributed by atoms with Crippen LogP contribution in [0.3, 0.4) is 0 Å². The van der Waals surface area contributed by atoms with Crippen LogP contribution >= 0.6 is 32.0 Å². The van der Waals surface area contributed by atoms with Crippen molar-refractivity contribution >= 4 is 32.0 Å². The Morgan fingerprint density at radius 2 is 1.18 bits per heavy atom. The van der Waals surface area contributed by atoms with E-state index in [1.807, 2.05) is 60.7 Å². The van der Waals surface area contributed by atoms with Crippen LogP contribution in [0.2, 0.25) is 0 Å². The summed E-state index contributed by atoms with van der Waals surface area (Å²) in [6.45, 7) is 8.80. The summed E-state index contributed by atoms with van der Waals surface area (Å²) in [5.41, 5.74) is 4.92. The Morgan fingerprint density at radius 3 is 1.65 bits per heavy atom. The second-order valence-corrected chi connectivity index (χ2v) is 18.7. The predicted octanol–water partition coefficient (Wildman–Crippen LogP) is 13.2. The second kappa shape index (κ2) is 22.4. The molecular weight excluding hydrogens is 863 g/mol. The fourth-order valence-electron chi connectivity index (χ4n) is 5.67. The van der Waals surface area contributed by atoms with E-state index in [4.69, 9.17) is 3.07 Å². The van der Waals surface area contributed by atoms with Gasteiger partial charge < -0.3 is 5.21 Å². The van der Waals surface area contributed by atoms with Crippen LogP contribution in [0.15, 0.2) is 174 Å². The van der Waals surface area contributed by atoms with Gasteiger partial charge >= 0.3 is 92.4 Å². The standard InChI is InChI=1S/C22H23F4NOS.C14H15NO.C10H13IO/c1-3-11-18(4-2)16-27(17-19-12-7-5-8-13-19)28-21(23,24)22(25,26)29-20-14-9-6-10-15-20;16-15(11-13-7-3-1-4-8-13)12-14-9-5-2-6-10-14;1-10(2)8-6-4-5-7-9(8)11(3)12-10/h3-15H,16-17H2,1-2H3;1-10,16H,11-12H2;4-7H,1-3H3/b11-3-,18-4+;;. The van der Waals surface area contributed by atoms with Crippen LogP contribution in [0, 0.1) is 3.57 Å². The Kier molecular flexibility index (Phi) is 18.0. The number of rotatable bonds is 14. The average molecular weight is 915 g/mol. The third-order valence-corrected chi connectivity index (χ3v) is 13.8. The maximum absolute atomic E-state index is 14.5. The van der Waals surface area contributed by atoms with Gasteiger partial charge in [-0.3, -0.25) is 0 Å². The first-order valence-electron chi connectivity index (χ1n) is 18.4. The summed E-state index contributed by atoms with van der Waals surface area (Å²) in [4.78, 5) is 6.90. The molecule has 0 saturated heterocycles. The van der Waals surface area contributed by atoms with Crippen LogP contribution < -0.4 is 0 Å². The maximum atomic E-state index is 14.5. The van der Waals surface area contributed by atoms with Crippen molar-refractivity contribution in [2.45, 2.75) is 69.2 Å². The number of nitrogens with zero attached hydrogens (tertiary/aromatic N) is 2. The molecule has 11 heteroatoms. The number of thioether (sulfide) groups is 1. The molecule has 1 aliphatic rings. The van der Waals surface area contributed by atoms with E-state index in [0.717, 1.165) is 16.2 Å². The van der Waals surface area contributed by atoms with Crippen molar-refractivity contribution < 1.29 is 30.7 Å². The molecule has 0 aromatic heterocycles. The first-order valence-corrected chi connectivity index (χ1v) is 23.3. The topological polar surface area (TPSA) is 45.2 Å². The van der Waals surface area contributed by atoms with Crippen molar-refractivity contribution in [1.82, 2.24) is 10.1 Å². The van der Waals surface area contributed by atoms with E-state index in [0.29, 0.717) is 24.2 Å². The van der Waals surface area contributed by atoms with Crippen molar-refractivity contribution in [1.29, 1.82) is 0 Å². The fourth-order valence-corrected chi connectivity index (χ4v) is 10.9. The van der Waals surface area contributed by atoms with Crippen molar-refractivity contribution in [2.24, 2.45) is 0 Å². The van der Waals surface area contributed by atoms with Gasteiger partial charge in [-0.1, -0.05) is 127 Å². The van der Waals surface area contributed by atoms with E-state index >= 15 is 0 Å². The maximum Gasteiger partial charge on any atom is 0.0492 e. The van der Waals surface area contributed by atoms with E-state index in [1.54, 1.807) is 68.5 Å². The minimum atomic E-state index is -4.71. The number of hydrogen-bond donors (Lipinski definition) is 1. The number of fused-ring (bicyclic) bond motifs is 1. The van der Waals surface area contributed by atoms with Crippen LogP contribution in [0.25, 0.3) is 0 Å². The Labute approximate surface area is 346 Å². The minimum absolute atomic E-state index is 0.0263. The van der Waals surface area contributed by atoms with Gasteiger partial charge in [0.1, 0.15) is 0 Å². The van der Waals surface area contributed by atoms with Crippen molar-refractivity contribution in [3.8, 4) is 0 Å². The minimum Gasteiger partial charge on any atom is -0.313 e. The van der Waals surface area contributed by atoms with E-state index in [1.165, 1.54) is 38.5 Å². The molecule has 5 nitrogen and oxygen atoms in total. The Hall–Kier alpha value is -3.82. The smallest absolute Gasteiger partial charge is 0.0492 e. The van der Waals surface area contributed by atoms with Crippen LogP contribution in [0.5, 0.6) is 0 Å². The number of alkyl halides is 5. The van der Waals surface area contributed by atoms with Gasteiger partial charge in [-0.05, 0) is 60.0 Å². The van der Waals surface area contributed by atoms with Crippen LogP contribution in [-0.2, 0) is 33.1 Å². The molecule has 1 N–H and O–H groups in total. The van der Waals surface area contributed by atoms with Crippen molar-refractivity contribution in [2.75, 3.05) is 11.5 Å². The van der Waals surface area contributed by atoms with Gasteiger partial charge in [0.2, 0.25) is 0 Å². The summed E-state index contributed by atoms with van der Waals surface area (Å²) in [6, 6.07) is 44.6. The van der Waals surface area contributed by atoms with Crippen molar-refractivity contribution in [3.05, 3.63) is 195 Å². The molecule has 0 bridgehead atoms. The fraction of sp³-hybridized carbons (Fsp3) is 0.261. The van der Waals surface area contributed by atoms with Crippen LogP contribution in [-0.4, -0.2) is 38.2 Å². The zero-order valence-corrected chi connectivity index (χ0v) is 35.8. The molecule has 1 heterocycles. The largest absolute Gasteiger partial charge is 0.313 e. The van der Waals surface area contributed by atoms with E-state index in [2.05, 4.69) is 47.9 Å². The van der Waals surface area contributed by atoms with E-state index in [-0.39, 0.29) is 35.3 Å². The monoisotopic (exact) mass is 914 g/mol. The molecule has 57 heavy (non-hydrogen) atoms. The molecule has 0 fully saturated rings. The van der Waals surface area contributed by atoms with Gasteiger partial charge in [-0.15, -0.1) is 0 Å². The second-order valence-electron chi connectivity index (χ2n) is 13.5. The summed E-state index contributed by atoms with van der Waals surface area (Å²) in [5.74, 6) is 0. The molecule has 6 rings (SSSR count). The van der Waals surface area contributed by atoms with Gasteiger partial charge in [0.05, 0.1) is 0 Å². The van der Waals surface area contributed by atoms with Gasteiger partial charge in [0.25, 0.3) is 0 Å². The molecule has 0 amide bonds. The Morgan fingerprint density at radius 1 is 0.719 bits per heavy atom. The average Bonchev–Trinajstić information content (AvgIpc) is 3.43. The van der Waals surface area contributed by atoms with E-state index < -0.39 is 31.6 Å². The molecule has 0 atom stereocenters. The molecular formula is C46H51F4IN2O3S. The number of allylic oxidation sites excluding steroid dienone is 2. The third-order valence-electron chi connectivity index (χ3n) is 8.42. The summed E-state index contributed by atoms with van der Waals surface area (Å²) in [5, 5.41) is 7.52. The Bertz CT molecular complexity index is 1930. The quantitative estimate of drug-likeness (QED) is 0.0299. The summed E-state index contributed by atoms with van der Waals surface area (Å²) in [7, 11) is 0. The van der Waals surface area contributed by atoms with Gasteiger partial charge in [0.15, 0.2) is 0 Å². The van der Waals surface area contributed by atoms with Crippen LogP contribution in [0.4, 0.5) is 17.6 Å². The molecule has 0 spiro atoms. The van der Waals surface area contributed by atoms with E-state index in [9.17, 15) is 22.8 Å². The normalized spacial score (nSPS) is 14.5. The molecule has 0 unspecified atom stereocenters. The number of halogens is 5. The first-order chi connectivity index (χ1) is 27.2. The molecule has 0 aliphatic carbocycles. The Balaban J connectivity index is 0.000000213.